The molecule has 0 spiro atoms. The fourth-order valence-electron chi connectivity index (χ4n) is 1.72. The molecule has 0 saturated carbocycles. The van der Waals surface area contributed by atoms with E-state index in [1.54, 1.807) is 12.1 Å². The molecule has 0 fully saturated rings. The van der Waals surface area contributed by atoms with Gasteiger partial charge in [0.15, 0.2) is 17.3 Å². The van der Waals surface area contributed by atoms with E-state index in [4.69, 9.17) is 14.2 Å². The Morgan fingerprint density at radius 2 is 1.93 bits per heavy atom. The third-order valence-electron chi connectivity index (χ3n) is 2.37. The number of hydrogen-bond donors (Lipinski definition) is 0. The Bertz CT molecular complexity index is 411. The SMILES string of the molecule is O=C1CCOc2ccc3c(c21)OCO3. The van der Waals surface area contributed by atoms with Gasteiger partial charge in [-0.15, -0.1) is 0 Å². The fraction of sp³-hybridized carbons (Fsp3) is 0.300. The van der Waals surface area contributed by atoms with E-state index in [0.29, 0.717) is 35.8 Å². The second kappa shape index (κ2) is 2.64. The Morgan fingerprint density at radius 3 is 2.86 bits per heavy atom. The molecule has 0 bridgehead atoms. The molecule has 0 saturated heterocycles. The second-order valence-corrected chi connectivity index (χ2v) is 3.19. The van der Waals surface area contributed by atoms with Crippen molar-refractivity contribution >= 4 is 5.78 Å². The van der Waals surface area contributed by atoms with Gasteiger partial charge in [-0.25, -0.2) is 0 Å². The molecule has 72 valence electrons. The van der Waals surface area contributed by atoms with Gasteiger partial charge in [-0.1, -0.05) is 0 Å². The van der Waals surface area contributed by atoms with E-state index in [-0.39, 0.29) is 12.6 Å². The first kappa shape index (κ1) is 7.67. The molecule has 14 heavy (non-hydrogen) atoms. The van der Waals surface area contributed by atoms with Crippen molar-refractivity contribution in [3.05, 3.63) is 17.7 Å². The number of ketones is 1. The topological polar surface area (TPSA) is 44.8 Å². The number of carbonyl (C=O) groups is 1. The number of fused-ring (bicyclic) bond motifs is 3. The van der Waals surface area contributed by atoms with Gasteiger partial charge in [0.1, 0.15) is 11.3 Å². The fourth-order valence-corrected chi connectivity index (χ4v) is 1.72. The molecule has 0 atom stereocenters. The highest BCUT2D eigenvalue weighted by atomic mass is 16.7. The summed E-state index contributed by atoms with van der Waals surface area (Å²) in [4.78, 5) is 11.6. The summed E-state index contributed by atoms with van der Waals surface area (Å²) in [5.74, 6) is 1.83. The summed E-state index contributed by atoms with van der Waals surface area (Å²) in [7, 11) is 0. The minimum absolute atomic E-state index is 0.0635. The summed E-state index contributed by atoms with van der Waals surface area (Å²) in [6.45, 7) is 0.630. The molecular weight excluding hydrogens is 184 g/mol. The minimum atomic E-state index is 0.0635. The number of carbonyl (C=O) groups excluding carboxylic acids is 1. The van der Waals surface area contributed by atoms with Gasteiger partial charge in [-0.3, -0.25) is 4.79 Å². The molecule has 0 aromatic heterocycles. The molecule has 2 heterocycles. The van der Waals surface area contributed by atoms with Crippen LogP contribution in [0, 0.1) is 0 Å². The first-order valence-corrected chi connectivity index (χ1v) is 4.45. The third-order valence-corrected chi connectivity index (χ3v) is 2.37. The van der Waals surface area contributed by atoms with Gasteiger partial charge < -0.3 is 14.2 Å². The molecule has 0 radical (unpaired) electrons. The highest BCUT2D eigenvalue weighted by Crippen LogP contribution is 2.42. The van der Waals surface area contributed by atoms with Crippen molar-refractivity contribution in [2.24, 2.45) is 0 Å². The van der Waals surface area contributed by atoms with Crippen LogP contribution in [0.15, 0.2) is 12.1 Å². The van der Waals surface area contributed by atoms with Crippen molar-refractivity contribution in [3.8, 4) is 17.2 Å². The van der Waals surface area contributed by atoms with Crippen molar-refractivity contribution in [2.75, 3.05) is 13.4 Å². The predicted octanol–water partition coefficient (Wildman–Crippen LogP) is 1.38. The Balaban J connectivity index is 2.24. The Kier molecular flexibility index (Phi) is 1.45. The quantitative estimate of drug-likeness (QED) is 0.623. The zero-order chi connectivity index (χ0) is 9.54. The largest absolute Gasteiger partial charge is 0.492 e. The summed E-state index contributed by atoms with van der Waals surface area (Å²) in [5, 5.41) is 0. The van der Waals surface area contributed by atoms with Crippen LogP contribution in [0.2, 0.25) is 0 Å². The van der Waals surface area contributed by atoms with Crippen LogP contribution in [0.4, 0.5) is 0 Å². The number of ether oxygens (including phenoxy) is 3. The van der Waals surface area contributed by atoms with E-state index in [9.17, 15) is 4.79 Å². The van der Waals surface area contributed by atoms with E-state index in [2.05, 4.69) is 0 Å². The maximum absolute atomic E-state index is 11.6. The van der Waals surface area contributed by atoms with Gasteiger partial charge in [0.05, 0.1) is 6.61 Å². The molecule has 2 aliphatic heterocycles. The maximum atomic E-state index is 11.6. The molecular formula is C10H8O4. The number of Topliss-reactive ketones (excluding diaryl/α,β-unsaturated/α-hetero) is 1. The zero-order valence-electron chi connectivity index (χ0n) is 7.41. The zero-order valence-corrected chi connectivity index (χ0v) is 7.41. The van der Waals surface area contributed by atoms with Crippen molar-refractivity contribution in [3.63, 3.8) is 0 Å². The average molecular weight is 192 g/mol. The molecule has 1 aromatic rings. The van der Waals surface area contributed by atoms with E-state index < -0.39 is 0 Å². The average Bonchev–Trinajstić information content (AvgIpc) is 2.65. The second-order valence-electron chi connectivity index (χ2n) is 3.19. The summed E-state index contributed by atoms with van der Waals surface area (Å²) in [5.41, 5.74) is 0.534. The van der Waals surface area contributed by atoms with E-state index in [0.717, 1.165) is 0 Å². The summed E-state index contributed by atoms with van der Waals surface area (Å²) in [6.07, 6.45) is 0.410. The lowest BCUT2D eigenvalue weighted by molar-refractivity contribution is 0.0927. The summed E-state index contributed by atoms with van der Waals surface area (Å²) in [6, 6.07) is 3.51. The highest BCUT2D eigenvalue weighted by molar-refractivity contribution is 6.03. The van der Waals surface area contributed by atoms with Crippen molar-refractivity contribution < 1.29 is 19.0 Å². The Labute approximate surface area is 80.4 Å². The lowest BCUT2D eigenvalue weighted by atomic mass is 10.0. The van der Waals surface area contributed by atoms with Gasteiger partial charge in [0.25, 0.3) is 0 Å². The van der Waals surface area contributed by atoms with Gasteiger partial charge in [-0.2, -0.15) is 0 Å². The van der Waals surface area contributed by atoms with Gasteiger partial charge in [0.2, 0.25) is 6.79 Å². The Hall–Kier alpha value is -1.71. The molecule has 0 N–H and O–H groups in total. The molecule has 3 rings (SSSR count). The van der Waals surface area contributed by atoms with Crippen molar-refractivity contribution in [1.82, 2.24) is 0 Å². The van der Waals surface area contributed by atoms with Crippen LogP contribution < -0.4 is 14.2 Å². The third kappa shape index (κ3) is 0.907. The van der Waals surface area contributed by atoms with Crippen LogP contribution in [-0.2, 0) is 0 Å². The van der Waals surface area contributed by atoms with Crippen molar-refractivity contribution in [2.45, 2.75) is 6.42 Å². The van der Waals surface area contributed by atoms with Crippen LogP contribution in [0.1, 0.15) is 16.8 Å². The molecule has 4 nitrogen and oxygen atoms in total. The number of rotatable bonds is 0. The highest BCUT2D eigenvalue weighted by Gasteiger charge is 2.28. The summed E-state index contributed by atoms with van der Waals surface area (Å²) >= 11 is 0. The monoisotopic (exact) mass is 192 g/mol. The smallest absolute Gasteiger partial charge is 0.231 e. The van der Waals surface area contributed by atoms with Crippen LogP contribution in [-0.4, -0.2) is 19.2 Å². The number of hydrogen-bond acceptors (Lipinski definition) is 4. The standard InChI is InChI=1S/C10H8O4/c11-6-3-4-12-7-1-2-8-10(9(6)7)14-5-13-8/h1-2H,3-5H2. The van der Waals surface area contributed by atoms with Crippen molar-refractivity contribution in [1.29, 1.82) is 0 Å². The lowest BCUT2D eigenvalue weighted by Gasteiger charge is -2.16. The lowest BCUT2D eigenvalue weighted by Crippen LogP contribution is -2.15. The predicted molar refractivity (Wildman–Crippen MR) is 47.0 cm³/mol. The molecule has 4 heteroatoms. The van der Waals surface area contributed by atoms with Crippen LogP contribution in [0.5, 0.6) is 17.2 Å². The maximum Gasteiger partial charge on any atom is 0.231 e. The molecule has 0 amide bonds. The Morgan fingerprint density at radius 1 is 1.07 bits per heavy atom. The molecule has 2 aliphatic rings. The van der Waals surface area contributed by atoms with Gasteiger partial charge >= 0.3 is 0 Å². The molecule has 1 aromatic carbocycles. The van der Waals surface area contributed by atoms with E-state index in [1.807, 2.05) is 0 Å². The van der Waals surface area contributed by atoms with E-state index >= 15 is 0 Å². The van der Waals surface area contributed by atoms with Crippen LogP contribution >= 0.6 is 0 Å². The normalized spacial score (nSPS) is 17.6. The van der Waals surface area contributed by atoms with Crippen LogP contribution in [0.3, 0.4) is 0 Å². The summed E-state index contributed by atoms with van der Waals surface area (Å²) < 4.78 is 15.8. The first-order valence-electron chi connectivity index (χ1n) is 4.45. The molecule has 0 aliphatic carbocycles. The van der Waals surface area contributed by atoms with Gasteiger partial charge in [-0.05, 0) is 12.1 Å². The van der Waals surface area contributed by atoms with Crippen LogP contribution in [0.25, 0.3) is 0 Å². The molecule has 0 unspecified atom stereocenters. The van der Waals surface area contributed by atoms with E-state index in [1.165, 1.54) is 0 Å². The minimum Gasteiger partial charge on any atom is -0.492 e. The first-order chi connectivity index (χ1) is 6.86. The number of benzene rings is 1. The van der Waals surface area contributed by atoms with Gasteiger partial charge in [0, 0.05) is 6.42 Å².